The Balaban J connectivity index is 2.50. The van der Waals surface area contributed by atoms with Crippen molar-refractivity contribution in [3.05, 3.63) is 33.4 Å². The summed E-state index contributed by atoms with van der Waals surface area (Å²) in [7, 11) is 0. The third kappa shape index (κ3) is 4.26. The number of rotatable bonds is 4. The van der Waals surface area contributed by atoms with E-state index < -0.39 is 18.5 Å². The molecule has 0 fully saturated rings. The van der Waals surface area contributed by atoms with Crippen molar-refractivity contribution in [3.63, 3.8) is 0 Å². The summed E-state index contributed by atoms with van der Waals surface area (Å²) in [4.78, 5) is 25.9. The van der Waals surface area contributed by atoms with Gasteiger partial charge in [-0.15, -0.1) is 0 Å². The van der Waals surface area contributed by atoms with Crippen molar-refractivity contribution in [1.29, 1.82) is 0 Å². The third-order valence-corrected chi connectivity index (χ3v) is 2.12. The van der Waals surface area contributed by atoms with Crippen molar-refractivity contribution in [1.82, 2.24) is 5.48 Å². The Morgan fingerprint density at radius 3 is 2.80 bits per heavy atom. The highest BCUT2D eigenvalue weighted by Gasteiger charge is 2.06. The van der Waals surface area contributed by atoms with Crippen molar-refractivity contribution in [2.75, 3.05) is 6.61 Å². The average Bonchev–Trinajstić information content (AvgIpc) is 2.17. The number of amides is 1. The Bertz CT molecular complexity index is 380. The summed E-state index contributed by atoms with van der Waals surface area (Å²) in [5.74, 6) is -1.60. The normalized spacial score (nSPS) is 9.67. The van der Waals surface area contributed by atoms with E-state index >= 15 is 0 Å². The second-order valence-corrected chi connectivity index (χ2v) is 3.87. The Hall–Kier alpha value is -1.15. The van der Waals surface area contributed by atoms with Crippen LogP contribution in [0.1, 0.15) is 10.4 Å². The molecule has 0 atom stereocenters. The monoisotopic (exact) mass is 321 g/mol. The van der Waals surface area contributed by atoms with Gasteiger partial charge in [0.1, 0.15) is 0 Å². The molecule has 0 radical (unpaired) electrons. The summed E-state index contributed by atoms with van der Waals surface area (Å²) in [6.45, 7) is -0.560. The van der Waals surface area contributed by atoms with Crippen LogP contribution in [0.5, 0.6) is 0 Å². The van der Waals surface area contributed by atoms with Crippen LogP contribution in [0.25, 0.3) is 0 Å². The van der Waals surface area contributed by atoms with Gasteiger partial charge < -0.3 is 5.11 Å². The predicted molar refractivity (Wildman–Crippen MR) is 60.2 cm³/mol. The number of hydrogen-bond acceptors (Lipinski definition) is 3. The molecule has 1 aromatic rings. The summed E-state index contributed by atoms with van der Waals surface area (Å²) in [6, 6.07) is 6.85. The largest absolute Gasteiger partial charge is 0.479 e. The first-order valence-corrected chi connectivity index (χ1v) is 5.07. The molecule has 6 heteroatoms. The van der Waals surface area contributed by atoms with Crippen LogP contribution < -0.4 is 5.48 Å². The molecule has 80 valence electrons. The lowest BCUT2D eigenvalue weighted by molar-refractivity contribution is -0.144. The summed E-state index contributed by atoms with van der Waals surface area (Å²) in [5.41, 5.74) is 2.46. The molecule has 0 spiro atoms. The molecule has 0 unspecified atom stereocenters. The number of hydroxylamine groups is 1. The molecule has 15 heavy (non-hydrogen) atoms. The number of aliphatic carboxylic acids is 1. The molecule has 1 rings (SSSR count). The molecule has 0 aromatic heterocycles. The maximum Gasteiger partial charge on any atom is 0.332 e. The number of carbonyl (C=O) groups excluding carboxylic acids is 1. The zero-order valence-electron chi connectivity index (χ0n) is 7.57. The van der Waals surface area contributed by atoms with Gasteiger partial charge >= 0.3 is 5.97 Å². The van der Waals surface area contributed by atoms with Crippen LogP contribution in [0.15, 0.2) is 24.3 Å². The molecule has 0 bridgehead atoms. The molecule has 0 saturated carbocycles. The van der Waals surface area contributed by atoms with Gasteiger partial charge in [0.15, 0.2) is 6.61 Å². The lowest BCUT2D eigenvalue weighted by atomic mass is 10.2. The van der Waals surface area contributed by atoms with E-state index in [1.807, 2.05) is 11.5 Å². The van der Waals surface area contributed by atoms with Crippen molar-refractivity contribution in [2.24, 2.45) is 0 Å². The van der Waals surface area contributed by atoms with Gasteiger partial charge in [0.25, 0.3) is 5.91 Å². The van der Waals surface area contributed by atoms with E-state index in [2.05, 4.69) is 27.4 Å². The Morgan fingerprint density at radius 1 is 1.47 bits per heavy atom. The number of halogens is 1. The number of hydrogen-bond donors (Lipinski definition) is 2. The van der Waals surface area contributed by atoms with E-state index in [0.29, 0.717) is 5.56 Å². The summed E-state index contributed by atoms with van der Waals surface area (Å²) in [5, 5.41) is 8.26. The fourth-order valence-corrected chi connectivity index (χ4v) is 1.40. The maximum atomic E-state index is 11.3. The minimum atomic E-state index is -1.14. The van der Waals surface area contributed by atoms with Crippen LogP contribution in [0.4, 0.5) is 0 Å². The van der Waals surface area contributed by atoms with Crippen molar-refractivity contribution >= 4 is 34.5 Å². The first-order chi connectivity index (χ1) is 7.09. The van der Waals surface area contributed by atoms with Gasteiger partial charge in [-0.05, 0) is 40.8 Å². The summed E-state index contributed by atoms with van der Waals surface area (Å²) < 4.78 is 0.915. The molecule has 5 nitrogen and oxygen atoms in total. The van der Waals surface area contributed by atoms with E-state index in [1.54, 1.807) is 18.2 Å². The van der Waals surface area contributed by atoms with Gasteiger partial charge in [0.2, 0.25) is 0 Å². The van der Waals surface area contributed by atoms with E-state index in [0.717, 1.165) is 3.57 Å². The van der Waals surface area contributed by atoms with Gasteiger partial charge in [-0.2, -0.15) is 0 Å². The van der Waals surface area contributed by atoms with Gasteiger partial charge in [0, 0.05) is 9.13 Å². The zero-order valence-corrected chi connectivity index (χ0v) is 9.72. The van der Waals surface area contributed by atoms with Crippen molar-refractivity contribution in [3.8, 4) is 0 Å². The molecule has 0 aliphatic heterocycles. The van der Waals surface area contributed by atoms with Crippen LogP contribution in [0.3, 0.4) is 0 Å². The highest BCUT2D eigenvalue weighted by Crippen LogP contribution is 2.07. The summed E-state index contributed by atoms with van der Waals surface area (Å²) in [6.07, 6.45) is 0. The smallest absolute Gasteiger partial charge is 0.332 e. The van der Waals surface area contributed by atoms with Crippen LogP contribution in [-0.4, -0.2) is 23.6 Å². The third-order valence-electron chi connectivity index (χ3n) is 1.45. The van der Waals surface area contributed by atoms with E-state index in [1.165, 1.54) is 0 Å². The molecule has 1 amide bonds. The van der Waals surface area contributed by atoms with Crippen LogP contribution >= 0.6 is 22.6 Å². The van der Waals surface area contributed by atoms with Gasteiger partial charge in [-0.1, -0.05) is 6.07 Å². The molecule has 1 aromatic carbocycles. The molecule has 0 heterocycles. The number of nitrogens with one attached hydrogen (secondary N) is 1. The first kappa shape index (κ1) is 11.9. The summed E-state index contributed by atoms with van der Waals surface area (Å²) >= 11 is 2.07. The SMILES string of the molecule is O=C(O)CONC(=O)c1cccc(I)c1. The highest BCUT2D eigenvalue weighted by molar-refractivity contribution is 14.1. The standard InChI is InChI=1S/C9H8INO4/c10-7-3-1-2-6(4-7)9(14)11-15-5-8(12)13/h1-4H,5H2,(H,11,14)(H,12,13). The van der Waals surface area contributed by atoms with E-state index in [9.17, 15) is 9.59 Å². The number of carboxylic acid groups (broad SMARTS) is 1. The second-order valence-electron chi connectivity index (χ2n) is 2.62. The lowest BCUT2D eigenvalue weighted by Crippen LogP contribution is -2.26. The van der Waals surface area contributed by atoms with Crippen LogP contribution in [0, 0.1) is 3.57 Å². The number of carbonyl (C=O) groups is 2. The average molecular weight is 321 g/mol. The first-order valence-electron chi connectivity index (χ1n) is 3.99. The zero-order chi connectivity index (χ0) is 11.3. The molecule has 2 N–H and O–H groups in total. The Kier molecular flexibility index (Phi) is 4.50. The Labute approximate surface area is 99.5 Å². The highest BCUT2D eigenvalue weighted by atomic mass is 127. The lowest BCUT2D eigenvalue weighted by Gasteiger charge is -2.03. The maximum absolute atomic E-state index is 11.3. The molecular weight excluding hydrogens is 313 g/mol. The molecule has 0 aliphatic carbocycles. The quantitative estimate of drug-likeness (QED) is 0.642. The minimum absolute atomic E-state index is 0.423. The predicted octanol–water partition coefficient (Wildman–Crippen LogP) is 1.04. The molecule has 0 aliphatic rings. The molecular formula is C9H8INO4. The van der Waals surface area contributed by atoms with Crippen molar-refractivity contribution < 1.29 is 19.5 Å². The van der Waals surface area contributed by atoms with Crippen molar-refractivity contribution in [2.45, 2.75) is 0 Å². The second kappa shape index (κ2) is 5.66. The van der Waals surface area contributed by atoms with Gasteiger partial charge in [-0.3, -0.25) is 9.63 Å². The fraction of sp³-hybridized carbons (Fsp3) is 0.111. The fourth-order valence-electron chi connectivity index (χ4n) is 0.852. The van der Waals surface area contributed by atoms with Crippen LogP contribution in [-0.2, 0) is 9.63 Å². The van der Waals surface area contributed by atoms with Crippen LogP contribution in [0.2, 0.25) is 0 Å². The Morgan fingerprint density at radius 2 is 2.20 bits per heavy atom. The van der Waals surface area contributed by atoms with E-state index in [-0.39, 0.29) is 0 Å². The molecule has 0 saturated heterocycles. The van der Waals surface area contributed by atoms with Gasteiger partial charge in [-0.25, -0.2) is 10.3 Å². The number of carboxylic acids is 1. The van der Waals surface area contributed by atoms with E-state index in [4.69, 9.17) is 5.11 Å². The topological polar surface area (TPSA) is 75.6 Å². The minimum Gasteiger partial charge on any atom is -0.479 e. The van der Waals surface area contributed by atoms with Gasteiger partial charge in [0.05, 0.1) is 0 Å². The number of benzene rings is 1.